The molecule has 192 valence electrons. The van der Waals surface area contributed by atoms with Gasteiger partial charge in [0.05, 0.1) is 12.1 Å². The first kappa shape index (κ1) is 28.0. The molecule has 0 bridgehead atoms. The largest absolute Gasteiger partial charge is 0.444 e. The minimum absolute atomic E-state index is 0.0688. The zero-order valence-electron chi connectivity index (χ0n) is 20.9. The fourth-order valence-corrected chi connectivity index (χ4v) is 5.22. The summed E-state index contributed by atoms with van der Waals surface area (Å²) in [4.78, 5) is 29.4. The van der Waals surface area contributed by atoms with Crippen molar-refractivity contribution in [1.82, 2.24) is 19.9 Å². The average molecular weight is 499 g/mol. The number of aryl methyl sites for hydroxylation is 1. The number of rotatable bonds is 7. The molecule has 2 rings (SSSR count). The lowest BCUT2D eigenvalue weighted by atomic mass is 10.0. The van der Waals surface area contributed by atoms with Gasteiger partial charge in [-0.1, -0.05) is 19.9 Å². The number of amides is 2. The summed E-state index contributed by atoms with van der Waals surface area (Å²) >= 11 is 0. The van der Waals surface area contributed by atoms with Crippen LogP contribution in [-0.2, 0) is 19.6 Å². The number of aromatic nitrogens is 1. The van der Waals surface area contributed by atoms with Crippen molar-refractivity contribution in [3.05, 3.63) is 23.9 Å². The van der Waals surface area contributed by atoms with Crippen molar-refractivity contribution in [3.63, 3.8) is 0 Å². The van der Waals surface area contributed by atoms with Crippen LogP contribution in [0, 0.1) is 12.8 Å². The van der Waals surface area contributed by atoms with Crippen LogP contribution in [0.15, 0.2) is 23.2 Å². The van der Waals surface area contributed by atoms with Gasteiger partial charge in [-0.25, -0.2) is 18.2 Å². The zero-order chi connectivity index (χ0) is 25.7. The van der Waals surface area contributed by atoms with E-state index in [1.54, 1.807) is 39.8 Å². The molecule has 2 unspecified atom stereocenters. The van der Waals surface area contributed by atoms with Gasteiger partial charge in [-0.3, -0.25) is 4.79 Å². The van der Waals surface area contributed by atoms with Crippen molar-refractivity contribution in [2.24, 2.45) is 5.92 Å². The molecule has 0 aromatic carbocycles. The Kier molecular flexibility index (Phi) is 9.44. The summed E-state index contributed by atoms with van der Waals surface area (Å²) in [6.07, 6.45) is -0.597. The van der Waals surface area contributed by atoms with Crippen LogP contribution >= 0.6 is 0 Å². The molecule has 0 aliphatic carbocycles. The molecule has 1 aliphatic heterocycles. The first-order chi connectivity index (χ1) is 15.7. The number of carbonyl (C=O) groups is 2. The Morgan fingerprint density at radius 1 is 1.29 bits per heavy atom. The van der Waals surface area contributed by atoms with E-state index in [2.05, 4.69) is 15.6 Å². The van der Waals surface area contributed by atoms with Gasteiger partial charge in [-0.05, 0) is 65.0 Å². The molecular weight excluding hydrogens is 460 g/mol. The fourth-order valence-electron chi connectivity index (χ4n) is 3.72. The Hall–Kier alpha value is -2.24. The minimum atomic E-state index is -3.88. The maximum absolute atomic E-state index is 13.0. The molecule has 1 fully saturated rings. The number of carbonyl (C=O) groups excluding carboxylic acids is 2. The second-order valence-electron chi connectivity index (χ2n) is 10.1. The van der Waals surface area contributed by atoms with Crippen LogP contribution in [0.4, 0.5) is 4.79 Å². The first-order valence-electron chi connectivity index (χ1n) is 11.6. The van der Waals surface area contributed by atoms with Crippen LogP contribution in [0.25, 0.3) is 0 Å². The lowest BCUT2D eigenvalue weighted by Gasteiger charge is -2.28. The molecule has 1 saturated heterocycles. The van der Waals surface area contributed by atoms with E-state index in [-0.39, 0.29) is 24.0 Å². The summed E-state index contributed by atoms with van der Waals surface area (Å²) in [5, 5.41) is 16.1. The van der Waals surface area contributed by atoms with Crippen LogP contribution in [0.3, 0.4) is 0 Å². The molecule has 1 aromatic heterocycles. The van der Waals surface area contributed by atoms with Crippen molar-refractivity contribution in [1.29, 1.82) is 0 Å². The smallest absolute Gasteiger partial charge is 0.408 e. The molecule has 2 amide bonds. The molecule has 0 radical (unpaired) electrons. The van der Waals surface area contributed by atoms with E-state index in [1.807, 2.05) is 13.8 Å². The summed E-state index contributed by atoms with van der Waals surface area (Å²) in [6, 6.07) is 3.26. The van der Waals surface area contributed by atoms with E-state index < -0.39 is 45.8 Å². The second kappa shape index (κ2) is 11.5. The van der Waals surface area contributed by atoms with Gasteiger partial charge in [0.15, 0.2) is 5.03 Å². The maximum atomic E-state index is 13.0. The van der Waals surface area contributed by atoms with Crippen molar-refractivity contribution in [2.75, 3.05) is 13.1 Å². The normalized spacial score (nSPS) is 20.9. The fraction of sp³-hybridized carbons (Fsp3) is 0.696. The highest BCUT2D eigenvalue weighted by atomic mass is 32.2. The quantitative estimate of drug-likeness (QED) is 0.522. The molecule has 1 aliphatic rings. The van der Waals surface area contributed by atoms with E-state index in [1.165, 1.54) is 10.4 Å². The van der Waals surface area contributed by atoms with Gasteiger partial charge in [0.1, 0.15) is 11.6 Å². The van der Waals surface area contributed by atoms with Crippen LogP contribution in [-0.4, -0.2) is 71.7 Å². The molecule has 11 heteroatoms. The number of hydrogen-bond donors (Lipinski definition) is 3. The van der Waals surface area contributed by atoms with Gasteiger partial charge in [0, 0.05) is 18.8 Å². The van der Waals surface area contributed by atoms with Gasteiger partial charge >= 0.3 is 6.09 Å². The predicted octanol–water partition coefficient (Wildman–Crippen LogP) is 1.96. The van der Waals surface area contributed by atoms with Crippen molar-refractivity contribution in [2.45, 2.75) is 89.6 Å². The van der Waals surface area contributed by atoms with Gasteiger partial charge in [0.25, 0.3) is 10.0 Å². The van der Waals surface area contributed by atoms with E-state index in [4.69, 9.17) is 4.74 Å². The van der Waals surface area contributed by atoms with E-state index in [9.17, 15) is 23.1 Å². The maximum Gasteiger partial charge on any atom is 0.408 e. The van der Waals surface area contributed by atoms with Crippen molar-refractivity contribution < 1.29 is 27.9 Å². The third-order valence-corrected chi connectivity index (χ3v) is 7.05. The van der Waals surface area contributed by atoms with Crippen LogP contribution < -0.4 is 10.6 Å². The molecule has 3 atom stereocenters. The minimum Gasteiger partial charge on any atom is -0.444 e. The number of ether oxygens (including phenoxy) is 1. The number of pyridine rings is 1. The van der Waals surface area contributed by atoms with Gasteiger partial charge in [-0.15, -0.1) is 0 Å². The second-order valence-corrected chi connectivity index (χ2v) is 12.0. The number of aliphatic hydroxyl groups excluding tert-OH is 1. The summed E-state index contributed by atoms with van der Waals surface area (Å²) in [5.74, 6) is -0.326. The van der Waals surface area contributed by atoms with E-state index in [0.717, 1.165) is 0 Å². The van der Waals surface area contributed by atoms with Crippen LogP contribution in [0.2, 0.25) is 0 Å². The monoisotopic (exact) mass is 498 g/mol. The number of nitrogens with zero attached hydrogens (tertiary/aromatic N) is 2. The highest BCUT2D eigenvalue weighted by Gasteiger charge is 2.35. The highest BCUT2D eigenvalue weighted by Crippen LogP contribution is 2.20. The standard InChI is InChI=1S/C23H38N4O6S/c1-15(2)13-18(26-22(30)33-23(4,5)6)21(29)25-17-10-8-12-27(14-19(17)28)34(31,32)20-11-7-9-16(3)24-20/h7,9,11,15,17-19,28H,8,10,12-14H2,1-6H3,(H,25,29)(H,26,30)/t17?,18?,19-/m0/s1. The summed E-state index contributed by atoms with van der Waals surface area (Å²) in [5.41, 5.74) is -0.128. The van der Waals surface area contributed by atoms with Gasteiger partial charge < -0.3 is 20.5 Å². The Balaban J connectivity index is 2.09. The Bertz CT molecular complexity index is 960. The average Bonchev–Trinajstić information content (AvgIpc) is 2.87. The lowest BCUT2D eigenvalue weighted by molar-refractivity contribution is -0.125. The van der Waals surface area contributed by atoms with Crippen molar-refractivity contribution >= 4 is 22.0 Å². The first-order valence-corrected chi connectivity index (χ1v) is 13.0. The summed E-state index contributed by atoms with van der Waals surface area (Å²) in [6.45, 7) is 10.8. The number of β-amino-alcohol motifs (C(OH)–C–C–N with tert-alkyl or cyclic N) is 1. The van der Waals surface area contributed by atoms with E-state index >= 15 is 0 Å². The number of hydrogen-bond acceptors (Lipinski definition) is 7. The molecule has 3 N–H and O–H groups in total. The van der Waals surface area contributed by atoms with Gasteiger partial charge in [-0.2, -0.15) is 4.31 Å². The molecule has 2 heterocycles. The summed E-state index contributed by atoms with van der Waals surface area (Å²) in [7, 11) is -3.88. The molecular formula is C23H38N4O6S. The Morgan fingerprint density at radius 3 is 2.56 bits per heavy atom. The zero-order valence-corrected chi connectivity index (χ0v) is 21.7. The molecule has 1 aromatic rings. The van der Waals surface area contributed by atoms with Gasteiger partial charge in [0.2, 0.25) is 5.91 Å². The number of nitrogens with one attached hydrogen (secondary N) is 2. The molecule has 0 saturated carbocycles. The van der Waals surface area contributed by atoms with Crippen LogP contribution in [0.1, 0.15) is 59.6 Å². The topological polar surface area (TPSA) is 138 Å². The lowest BCUT2D eigenvalue weighted by Crippen LogP contribution is -2.54. The Morgan fingerprint density at radius 2 is 1.97 bits per heavy atom. The van der Waals surface area contributed by atoms with Crippen molar-refractivity contribution in [3.8, 4) is 0 Å². The third-order valence-electron chi connectivity index (χ3n) is 5.29. The number of sulfonamides is 1. The number of aliphatic hydroxyl groups is 1. The molecule has 34 heavy (non-hydrogen) atoms. The highest BCUT2D eigenvalue weighted by molar-refractivity contribution is 7.89. The predicted molar refractivity (Wildman–Crippen MR) is 128 cm³/mol. The third kappa shape index (κ3) is 8.21. The van der Waals surface area contributed by atoms with Crippen LogP contribution in [0.5, 0.6) is 0 Å². The number of alkyl carbamates (subject to hydrolysis) is 1. The SMILES string of the molecule is Cc1cccc(S(=O)(=O)N2CCCC(NC(=O)C(CC(C)C)NC(=O)OC(C)(C)C)[C@@H](O)C2)n1. The molecule has 10 nitrogen and oxygen atoms in total. The summed E-state index contributed by atoms with van der Waals surface area (Å²) < 4.78 is 32.5. The Labute approximate surface area is 202 Å². The van der Waals surface area contributed by atoms with E-state index in [0.29, 0.717) is 25.0 Å². The molecule has 0 spiro atoms.